The van der Waals surface area contributed by atoms with Crippen LogP contribution in [-0.2, 0) is 13.5 Å². The van der Waals surface area contributed by atoms with Crippen LogP contribution in [0.1, 0.15) is 5.82 Å². The Balaban J connectivity index is 1.96. The van der Waals surface area contributed by atoms with E-state index >= 15 is 0 Å². The van der Waals surface area contributed by atoms with E-state index in [-0.39, 0.29) is 0 Å². The highest BCUT2D eigenvalue weighted by molar-refractivity contribution is 6.33. The van der Waals surface area contributed by atoms with Gasteiger partial charge >= 0.3 is 0 Å². The van der Waals surface area contributed by atoms with Gasteiger partial charge in [0, 0.05) is 38.5 Å². The lowest BCUT2D eigenvalue weighted by molar-refractivity contribution is 0.415. The van der Waals surface area contributed by atoms with Crippen LogP contribution in [0.25, 0.3) is 0 Å². The molecule has 0 atom stereocenters. The van der Waals surface area contributed by atoms with E-state index in [0.717, 1.165) is 30.2 Å². The van der Waals surface area contributed by atoms with Gasteiger partial charge in [0.1, 0.15) is 11.6 Å². The van der Waals surface area contributed by atoms with Crippen molar-refractivity contribution < 1.29 is 4.74 Å². The number of ether oxygens (including phenoxy) is 1. The molecule has 0 spiro atoms. The number of nitrogens with zero attached hydrogens (tertiary/aromatic N) is 2. The second kappa shape index (κ2) is 5.78. The van der Waals surface area contributed by atoms with E-state index in [1.165, 1.54) is 0 Å². The molecule has 1 N–H and O–H groups in total. The summed E-state index contributed by atoms with van der Waals surface area (Å²) in [4.78, 5) is 4.27. The summed E-state index contributed by atoms with van der Waals surface area (Å²) < 4.78 is 7.17. The molecule has 0 saturated carbocycles. The third kappa shape index (κ3) is 2.96. The van der Waals surface area contributed by atoms with E-state index in [1.54, 1.807) is 13.3 Å². The van der Waals surface area contributed by atoms with Gasteiger partial charge in [-0.05, 0) is 12.1 Å². The second-order valence-electron chi connectivity index (χ2n) is 3.98. The van der Waals surface area contributed by atoms with Gasteiger partial charge in [-0.2, -0.15) is 0 Å². The lowest BCUT2D eigenvalue weighted by atomic mass is 10.3. The van der Waals surface area contributed by atoms with Crippen molar-refractivity contribution in [2.45, 2.75) is 6.42 Å². The maximum Gasteiger partial charge on any atom is 0.121 e. The number of methoxy groups -OCH3 is 1. The zero-order valence-electron chi connectivity index (χ0n) is 10.5. The predicted octanol–water partition coefficient (Wildman–Crippen LogP) is 2.74. The average Bonchev–Trinajstić information content (AvgIpc) is 2.77. The van der Waals surface area contributed by atoms with Crippen molar-refractivity contribution in [1.82, 2.24) is 9.55 Å². The Hall–Kier alpha value is -1.68. The molecule has 18 heavy (non-hydrogen) atoms. The maximum absolute atomic E-state index is 6.11. The van der Waals surface area contributed by atoms with Gasteiger partial charge in [0.05, 0.1) is 17.8 Å². The van der Waals surface area contributed by atoms with Gasteiger partial charge in [0.15, 0.2) is 0 Å². The highest BCUT2D eigenvalue weighted by Gasteiger charge is 2.03. The van der Waals surface area contributed by atoms with Crippen molar-refractivity contribution in [3.8, 4) is 5.75 Å². The lowest BCUT2D eigenvalue weighted by Crippen LogP contribution is -2.08. The molecule has 1 heterocycles. The number of aromatic nitrogens is 2. The third-order valence-corrected chi connectivity index (χ3v) is 3.09. The second-order valence-corrected chi connectivity index (χ2v) is 4.38. The van der Waals surface area contributed by atoms with Crippen molar-refractivity contribution >= 4 is 17.3 Å². The van der Waals surface area contributed by atoms with E-state index in [1.807, 2.05) is 36.0 Å². The first-order chi connectivity index (χ1) is 8.70. The van der Waals surface area contributed by atoms with Gasteiger partial charge in [0.25, 0.3) is 0 Å². The monoisotopic (exact) mass is 265 g/mol. The van der Waals surface area contributed by atoms with Gasteiger partial charge in [-0.15, -0.1) is 0 Å². The predicted molar refractivity (Wildman–Crippen MR) is 73.4 cm³/mol. The molecule has 1 aromatic heterocycles. The molecule has 0 aliphatic heterocycles. The van der Waals surface area contributed by atoms with Crippen LogP contribution >= 0.6 is 11.6 Å². The molecule has 0 saturated heterocycles. The molecule has 5 heteroatoms. The summed E-state index contributed by atoms with van der Waals surface area (Å²) in [6.45, 7) is 0.776. The largest absolute Gasteiger partial charge is 0.497 e. The number of nitrogens with one attached hydrogen (secondary N) is 1. The summed E-state index contributed by atoms with van der Waals surface area (Å²) in [5, 5.41) is 3.98. The molecule has 0 bridgehead atoms. The number of hydrogen-bond donors (Lipinski definition) is 1. The summed E-state index contributed by atoms with van der Waals surface area (Å²) in [5.74, 6) is 1.83. The minimum absolute atomic E-state index is 0.690. The van der Waals surface area contributed by atoms with Crippen LogP contribution in [0.15, 0.2) is 30.6 Å². The molecule has 0 unspecified atom stereocenters. The fourth-order valence-corrected chi connectivity index (χ4v) is 1.90. The first-order valence-corrected chi connectivity index (χ1v) is 6.12. The summed E-state index contributed by atoms with van der Waals surface area (Å²) in [6, 6.07) is 5.55. The fraction of sp³-hybridized carbons (Fsp3) is 0.308. The molecule has 2 rings (SSSR count). The zero-order valence-corrected chi connectivity index (χ0v) is 11.2. The van der Waals surface area contributed by atoms with Gasteiger partial charge in [-0.3, -0.25) is 0 Å². The molecule has 0 aliphatic rings. The Morgan fingerprint density at radius 3 is 2.94 bits per heavy atom. The van der Waals surface area contributed by atoms with Crippen molar-refractivity contribution in [3.63, 3.8) is 0 Å². The van der Waals surface area contributed by atoms with Crippen molar-refractivity contribution in [3.05, 3.63) is 41.4 Å². The molecule has 0 radical (unpaired) electrons. The van der Waals surface area contributed by atoms with E-state index in [0.29, 0.717) is 5.02 Å². The van der Waals surface area contributed by atoms with E-state index in [2.05, 4.69) is 10.3 Å². The van der Waals surface area contributed by atoms with Gasteiger partial charge in [-0.25, -0.2) is 4.98 Å². The minimum Gasteiger partial charge on any atom is -0.497 e. The van der Waals surface area contributed by atoms with Gasteiger partial charge in [0.2, 0.25) is 0 Å². The Labute approximate surface area is 112 Å². The van der Waals surface area contributed by atoms with E-state index < -0.39 is 0 Å². The minimum atomic E-state index is 0.690. The lowest BCUT2D eigenvalue weighted by Gasteiger charge is -2.10. The first-order valence-electron chi connectivity index (χ1n) is 5.74. The van der Waals surface area contributed by atoms with Gasteiger partial charge < -0.3 is 14.6 Å². The van der Waals surface area contributed by atoms with Crippen LogP contribution in [0, 0.1) is 0 Å². The number of hydrogen-bond acceptors (Lipinski definition) is 3. The van der Waals surface area contributed by atoms with Crippen LogP contribution < -0.4 is 10.1 Å². The number of aryl methyl sites for hydroxylation is 1. The zero-order chi connectivity index (χ0) is 13.0. The number of rotatable bonds is 5. The van der Waals surface area contributed by atoms with E-state index in [9.17, 15) is 0 Å². The topological polar surface area (TPSA) is 39.1 Å². The molecular weight excluding hydrogens is 250 g/mol. The number of imidazole rings is 1. The molecule has 1 aromatic carbocycles. The molecule has 4 nitrogen and oxygen atoms in total. The summed E-state index contributed by atoms with van der Waals surface area (Å²) >= 11 is 6.11. The Bertz CT molecular complexity index is 525. The molecule has 0 aliphatic carbocycles. The molecule has 0 fully saturated rings. The van der Waals surface area contributed by atoms with Crippen LogP contribution in [0.3, 0.4) is 0 Å². The Morgan fingerprint density at radius 1 is 1.44 bits per heavy atom. The normalized spacial score (nSPS) is 10.4. The summed E-state index contributed by atoms with van der Waals surface area (Å²) in [5.41, 5.74) is 0.880. The molecule has 0 amide bonds. The number of benzene rings is 1. The Morgan fingerprint density at radius 2 is 2.28 bits per heavy atom. The van der Waals surface area contributed by atoms with Crippen LogP contribution in [-0.4, -0.2) is 23.2 Å². The number of anilines is 1. The third-order valence-electron chi connectivity index (χ3n) is 2.76. The smallest absolute Gasteiger partial charge is 0.121 e. The molecule has 96 valence electrons. The Kier molecular flexibility index (Phi) is 4.10. The van der Waals surface area contributed by atoms with Crippen molar-refractivity contribution in [1.29, 1.82) is 0 Å². The first kappa shape index (κ1) is 12.8. The summed E-state index contributed by atoms with van der Waals surface area (Å²) in [7, 11) is 3.63. The highest BCUT2D eigenvalue weighted by Crippen LogP contribution is 2.26. The quantitative estimate of drug-likeness (QED) is 0.904. The highest BCUT2D eigenvalue weighted by atomic mass is 35.5. The van der Waals surface area contributed by atoms with Crippen LogP contribution in [0.4, 0.5) is 5.69 Å². The standard InChI is InChI=1S/C13H16ClN3O/c1-17-8-7-16-13(17)5-6-15-12-9-10(18-2)3-4-11(12)14/h3-4,7-9,15H,5-6H2,1-2H3. The van der Waals surface area contributed by atoms with E-state index in [4.69, 9.17) is 16.3 Å². The summed E-state index contributed by atoms with van der Waals surface area (Å²) in [6.07, 6.45) is 4.58. The average molecular weight is 266 g/mol. The number of halogens is 1. The molecule has 2 aromatic rings. The van der Waals surface area contributed by atoms with Crippen LogP contribution in [0.2, 0.25) is 5.02 Å². The van der Waals surface area contributed by atoms with Crippen molar-refractivity contribution in [2.75, 3.05) is 19.0 Å². The van der Waals surface area contributed by atoms with Crippen LogP contribution in [0.5, 0.6) is 5.75 Å². The molecular formula is C13H16ClN3O. The van der Waals surface area contributed by atoms with Gasteiger partial charge in [-0.1, -0.05) is 11.6 Å². The SMILES string of the molecule is COc1ccc(Cl)c(NCCc2nccn2C)c1. The maximum atomic E-state index is 6.11. The van der Waals surface area contributed by atoms with Crippen molar-refractivity contribution in [2.24, 2.45) is 7.05 Å². The fourth-order valence-electron chi connectivity index (χ4n) is 1.71.